The molecule has 0 bridgehead atoms. The van der Waals surface area contributed by atoms with Crippen molar-refractivity contribution in [3.63, 3.8) is 0 Å². The van der Waals surface area contributed by atoms with Gasteiger partial charge in [-0.15, -0.1) is 11.3 Å². The lowest BCUT2D eigenvalue weighted by Gasteiger charge is -2.20. The van der Waals surface area contributed by atoms with Crippen molar-refractivity contribution in [3.8, 4) is 0 Å². The number of hydrogen-bond acceptors (Lipinski definition) is 4. The van der Waals surface area contributed by atoms with Crippen LogP contribution in [0, 0.1) is 19.8 Å². The van der Waals surface area contributed by atoms with E-state index in [4.69, 9.17) is 0 Å². The van der Waals surface area contributed by atoms with Crippen LogP contribution >= 0.6 is 11.3 Å². The van der Waals surface area contributed by atoms with Crippen molar-refractivity contribution >= 4 is 21.6 Å². The second-order valence-electron chi connectivity index (χ2n) is 5.62. The van der Waals surface area contributed by atoms with Crippen LogP contribution in [0.5, 0.6) is 0 Å². The van der Waals surface area contributed by atoms with Gasteiger partial charge in [0.25, 0.3) is 5.56 Å². The molecule has 0 saturated carbocycles. The van der Waals surface area contributed by atoms with Gasteiger partial charge in [-0.3, -0.25) is 4.79 Å². The molecule has 0 aliphatic heterocycles. The molecule has 1 unspecified atom stereocenters. The van der Waals surface area contributed by atoms with Gasteiger partial charge in [0.15, 0.2) is 0 Å². The van der Waals surface area contributed by atoms with E-state index in [0.717, 1.165) is 32.9 Å². The Morgan fingerprint density at radius 1 is 1.35 bits per heavy atom. The summed E-state index contributed by atoms with van der Waals surface area (Å²) in [6.45, 7) is 11.2. The van der Waals surface area contributed by atoms with Gasteiger partial charge < -0.3 is 10.3 Å². The summed E-state index contributed by atoms with van der Waals surface area (Å²) in [5.41, 5.74) is 1.03. The van der Waals surface area contributed by atoms with Gasteiger partial charge in [-0.1, -0.05) is 20.8 Å². The maximum absolute atomic E-state index is 12.2. The molecule has 0 fully saturated rings. The third-order valence-electron chi connectivity index (χ3n) is 3.86. The van der Waals surface area contributed by atoms with Crippen LogP contribution in [-0.2, 0) is 6.54 Å². The first-order valence-corrected chi connectivity index (χ1v) is 7.98. The lowest BCUT2D eigenvalue weighted by molar-refractivity contribution is 0.383. The molecule has 0 aliphatic carbocycles. The Morgan fingerprint density at radius 2 is 2.05 bits per heavy atom. The largest absolute Gasteiger partial charge is 0.309 e. The van der Waals surface area contributed by atoms with E-state index >= 15 is 0 Å². The van der Waals surface area contributed by atoms with E-state index < -0.39 is 0 Å². The molecule has 2 aromatic rings. The molecule has 0 radical (unpaired) electrons. The van der Waals surface area contributed by atoms with Gasteiger partial charge in [-0.05, 0) is 31.7 Å². The minimum atomic E-state index is -0.0220. The van der Waals surface area contributed by atoms with Gasteiger partial charge >= 0.3 is 0 Å². The molecule has 2 aromatic heterocycles. The van der Waals surface area contributed by atoms with E-state index in [-0.39, 0.29) is 5.56 Å². The molecule has 1 atom stereocenters. The second kappa shape index (κ2) is 6.06. The third kappa shape index (κ3) is 2.94. The van der Waals surface area contributed by atoms with Crippen molar-refractivity contribution in [2.24, 2.45) is 5.92 Å². The van der Waals surface area contributed by atoms with E-state index in [1.807, 2.05) is 13.8 Å². The van der Waals surface area contributed by atoms with Crippen molar-refractivity contribution in [1.29, 1.82) is 0 Å². The Kier molecular flexibility index (Phi) is 4.60. The van der Waals surface area contributed by atoms with Crippen LogP contribution in [0.2, 0.25) is 0 Å². The van der Waals surface area contributed by atoms with Crippen molar-refractivity contribution in [1.82, 2.24) is 15.3 Å². The van der Waals surface area contributed by atoms with Crippen LogP contribution in [0.4, 0.5) is 0 Å². The Hall–Kier alpha value is -1.20. The number of fused-ring (bicyclic) bond motifs is 1. The summed E-state index contributed by atoms with van der Waals surface area (Å²) >= 11 is 1.59. The van der Waals surface area contributed by atoms with Crippen LogP contribution in [0.15, 0.2) is 4.79 Å². The van der Waals surface area contributed by atoms with Crippen LogP contribution in [0.25, 0.3) is 10.2 Å². The number of nitrogens with zero attached hydrogens (tertiary/aromatic N) is 1. The molecule has 0 spiro atoms. The highest BCUT2D eigenvalue weighted by atomic mass is 32.1. The van der Waals surface area contributed by atoms with Crippen molar-refractivity contribution in [2.45, 2.75) is 53.6 Å². The fourth-order valence-electron chi connectivity index (χ4n) is 2.46. The van der Waals surface area contributed by atoms with E-state index in [9.17, 15) is 4.79 Å². The van der Waals surface area contributed by atoms with Crippen LogP contribution < -0.4 is 10.9 Å². The molecular formula is C15H23N3OS. The molecule has 5 heteroatoms. The number of nitrogens with one attached hydrogen (secondary N) is 2. The third-order valence-corrected chi connectivity index (χ3v) is 4.97. The van der Waals surface area contributed by atoms with Gasteiger partial charge in [0.2, 0.25) is 0 Å². The predicted octanol–water partition coefficient (Wildman–Crippen LogP) is 3.13. The monoisotopic (exact) mass is 293 g/mol. The Bertz CT molecular complexity index is 657. The summed E-state index contributed by atoms with van der Waals surface area (Å²) in [6.07, 6.45) is 1.07. The maximum Gasteiger partial charge on any atom is 0.259 e. The van der Waals surface area contributed by atoms with Crippen LogP contribution in [0.3, 0.4) is 0 Å². The molecule has 4 nitrogen and oxygen atoms in total. The highest BCUT2D eigenvalue weighted by Crippen LogP contribution is 2.25. The summed E-state index contributed by atoms with van der Waals surface area (Å²) in [5, 5.41) is 4.21. The molecular weight excluding hydrogens is 270 g/mol. The SMILES string of the molecule is CCC(NCc1nc2sc(C)c(C)c2c(=O)[nH]1)C(C)C. The molecule has 20 heavy (non-hydrogen) atoms. The van der Waals surface area contributed by atoms with Gasteiger partial charge in [-0.25, -0.2) is 4.98 Å². The summed E-state index contributed by atoms with van der Waals surface area (Å²) in [5.74, 6) is 1.30. The number of rotatable bonds is 5. The van der Waals surface area contributed by atoms with Gasteiger partial charge in [0, 0.05) is 10.9 Å². The fraction of sp³-hybridized carbons (Fsp3) is 0.600. The number of aryl methyl sites for hydroxylation is 2. The van der Waals surface area contributed by atoms with Crippen LogP contribution in [-0.4, -0.2) is 16.0 Å². The van der Waals surface area contributed by atoms with Crippen LogP contribution in [0.1, 0.15) is 43.5 Å². The molecule has 2 heterocycles. The number of aromatic nitrogens is 2. The van der Waals surface area contributed by atoms with Crippen molar-refractivity contribution in [2.75, 3.05) is 0 Å². The topological polar surface area (TPSA) is 57.8 Å². The van der Waals surface area contributed by atoms with Gasteiger partial charge in [0.1, 0.15) is 10.7 Å². The zero-order valence-corrected chi connectivity index (χ0v) is 13.6. The summed E-state index contributed by atoms with van der Waals surface area (Å²) < 4.78 is 0. The smallest absolute Gasteiger partial charge is 0.259 e. The zero-order chi connectivity index (χ0) is 14.9. The average molecular weight is 293 g/mol. The first-order valence-electron chi connectivity index (χ1n) is 7.16. The molecule has 2 N–H and O–H groups in total. The summed E-state index contributed by atoms with van der Waals surface area (Å²) in [4.78, 5) is 21.7. The second-order valence-corrected chi connectivity index (χ2v) is 6.82. The highest BCUT2D eigenvalue weighted by molar-refractivity contribution is 7.18. The van der Waals surface area contributed by atoms with E-state index in [2.05, 4.69) is 36.1 Å². The summed E-state index contributed by atoms with van der Waals surface area (Å²) in [7, 11) is 0. The standard InChI is InChI=1S/C15H23N3OS/c1-6-11(8(2)3)16-7-12-17-14(19)13-9(4)10(5)20-15(13)18-12/h8,11,16H,6-7H2,1-5H3,(H,17,18,19). The van der Waals surface area contributed by atoms with E-state index in [1.54, 1.807) is 11.3 Å². The van der Waals surface area contributed by atoms with Gasteiger partial charge in [-0.2, -0.15) is 0 Å². The molecule has 0 amide bonds. The molecule has 0 aliphatic rings. The fourth-order valence-corrected chi connectivity index (χ4v) is 3.51. The lowest BCUT2D eigenvalue weighted by Crippen LogP contribution is -2.33. The average Bonchev–Trinajstić information content (AvgIpc) is 2.65. The summed E-state index contributed by atoms with van der Waals surface area (Å²) in [6, 6.07) is 0.447. The van der Waals surface area contributed by atoms with E-state index in [1.165, 1.54) is 0 Å². The minimum absolute atomic E-state index is 0.0220. The lowest BCUT2D eigenvalue weighted by atomic mass is 10.0. The normalized spacial score (nSPS) is 13.3. The Balaban J connectivity index is 2.26. The molecule has 0 aromatic carbocycles. The number of thiophene rings is 1. The molecule has 110 valence electrons. The first-order chi connectivity index (χ1) is 9.43. The predicted molar refractivity (Wildman–Crippen MR) is 85.5 cm³/mol. The van der Waals surface area contributed by atoms with Crippen molar-refractivity contribution in [3.05, 3.63) is 26.6 Å². The van der Waals surface area contributed by atoms with E-state index in [0.29, 0.717) is 18.5 Å². The Morgan fingerprint density at radius 3 is 2.65 bits per heavy atom. The quantitative estimate of drug-likeness (QED) is 0.890. The zero-order valence-electron chi connectivity index (χ0n) is 12.8. The molecule has 0 saturated heterocycles. The first kappa shape index (κ1) is 15.2. The number of H-pyrrole nitrogens is 1. The Labute approximate surface area is 123 Å². The van der Waals surface area contributed by atoms with Gasteiger partial charge in [0.05, 0.1) is 11.9 Å². The van der Waals surface area contributed by atoms with Crippen molar-refractivity contribution < 1.29 is 0 Å². The minimum Gasteiger partial charge on any atom is -0.309 e. The molecule has 2 rings (SSSR count). The maximum atomic E-state index is 12.2. The number of aromatic amines is 1. The highest BCUT2D eigenvalue weighted by Gasteiger charge is 2.14. The number of hydrogen-bond donors (Lipinski definition) is 2.